The van der Waals surface area contributed by atoms with Crippen LogP contribution in [0.4, 0.5) is 0 Å². The molecule has 0 bridgehead atoms. The van der Waals surface area contributed by atoms with E-state index in [2.05, 4.69) is 24.4 Å². The first-order valence-corrected chi connectivity index (χ1v) is 5.72. The second-order valence-electron chi connectivity index (χ2n) is 4.45. The summed E-state index contributed by atoms with van der Waals surface area (Å²) in [5, 5.41) is 14.0. The Morgan fingerprint density at radius 3 is 2.80 bits per heavy atom. The molecule has 0 spiro atoms. The molecule has 0 saturated carbocycles. The molecular formula is C13H19NO. The number of aliphatic hydroxyl groups is 1. The maximum Gasteiger partial charge on any atom is 0.0911 e. The lowest BCUT2D eigenvalue weighted by Gasteiger charge is -2.28. The fourth-order valence-electron chi connectivity index (χ4n) is 2.42. The SMILES string of the molecule is Cc1ccccc1C1(O)CCCNCC1. The summed E-state index contributed by atoms with van der Waals surface area (Å²) in [6.45, 7) is 4.00. The molecule has 1 atom stereocenters. The van der Waals surface area contributed by atoms with Crippen LogP contribution in [0.3, 0.4) is 0 Å². The van der Waals surface area contributed by atoms with Crippen molar-refractivity contribution in [3.8, 4) is 0 Å². The zero-order valence-electron chi connectivity index (χ0n) is 9.29. The molecule has 82 valence electrons. The van der Waals surface area contributed by atoms with E-state index in [0.29, 0.717) is 0 Å². The highest BCUT2D eigenvalue weighted by Gasteiger charge is 2.30. The van der Waals surface area contributed by atoms with Gasteiger partial charge in [-0.1, -0.05) is 24.3 Å². The molecule has 1 aliphatic rings. The monoisotopic (exact) mass is 205 g/mol. The Morgan fingerprint density at radius 2 is 2.00 bits per heavy atom. The molecule has 15 heavy (non-hydrogen) atoms. The van der Waals surface area contributed by atoms with Gasteiger partial charge in [0.2, 0.25) is 0 Å². The second kappa shape index (κ2) is 4.33. The Bertz CT molecular complexity index is 327. The minimum Gasteiger partial charge on any atom is -0.385 e. The van der Waals surface area contributed by atoms with E-state index >= 15 is 0 Å². The number of hydrogen-bond donors (Lipinski definition) is 2. The minimum absolute atomic E-state index is 0.616. The number of hydrogen-bond acceptors (Lipinski definition) is 2. The van der Waals surface area contributed by atoms with Gasteiger partial charge < -0.3 is 10.4 Å². The lowest BCUT2D eigenvalue weighted by molar-refractivity contribution is 0.0234. The van der Waals surface area contributed by atoms with Crippen molar-refractivity contribution in [3.05, 3.63) is 35.4 Å². The first kappa shape index (κ1) is 10.7. The van der Waals surface area contributed by atoms with Crippen molar-refractivity contribution in [1.82, 2.24) is 5.32 Å². The molecule has 0 radical (unpaired) electrons. The van der Waals surface area contributed by atoms with Crippen molar-refractivity contribution in [2.24, 2.45) is 0 Å². The van der Waals surface area contributed by atoms with Gasteiger partial charge in [-0.25, -0.2) is 0 Å². The van der Waals surface area contributed by atoms with Gasteiger partial charge >= 0.3 is 0 Å². The summed E-state index contributed by atoms with van der Waals surface area (Å²) < 4.78 is 0. The van der Waals surface area contributed by atoms with Crippen molar-refractivity contribution >= 4 is 0 Å². The topological polar surface area (TPSA) is 32.3 Å². The van der Waals surface area contributed by atoms with Gasteiger partial charge in [-0.15, -0.1) is 0 Å². The third kappa shape index (κ3) is 2.21. The van der Waals surface area contributed by atoms with Crippen molar-refractivity contribution in [1.29, 1.82) is 0 Å². The Labute approximate surface area is 91.3 Å². The summed E-state index contributed by atoms with van der Waals surface area (Å²) in [6.07, 6.45) is 2.73. The van der Waals surface area contributed by atoms with Crippen molar-refractivity contribution < 1.29 is 5.11 Å². The molecular weight excluding hydrogens is 186 g/mol. The van der Waals surface area contributed by atoms with Gasteiger partial charge in [-0.05, 0) is 50.4 Å². The summed E-state index contributed by atoms with van der Waals surface area (Å²) in [4.78, 5) is 0. The van der Waals surface area contributed by atoms with Crippen LogP contribution in [0, 0.1) is 6.92 Å². The minimum atomic E-state index is -0.616. The van der Waals surface area contributed by atoms with Gasteiger partial charge in [0, 0.05) is 0 Å². The largest absolute Gasteiger partial charge is 0.385 e. The summed E-state index contributed by atoms with van der Waals surface area (Å²) in [6, 6.07) is 8.17. The van der Waals surface area contributed by atoms with Crippen LogP contribution >= 0.6 is 0 Å². The number of aryl methyl sites for hydroxylation is 1. The van der Waals surface area contributed by atoms with E-state index in [1.54, 1.807) is 0 Å². The quantitative estimate of drug-likeness (QED) is 0.734. The van der Waals surface area contributed by atoms with E-state index in [4.69, 9.17) is 0 Å². The highest BCUT2D eigenvalue weighted by Crippen LogP contribution is 2.32. The van der Waals surface area contributed by atoms with Crippen LogP contribution in [0.2, 0.25) is 0 Å². The third-order valence-electron chi connectivity index (χ3n) is 3.31. The predicted octanol–water partition coefficient (Wildman–Crippen LogP) is 1.96. The molecule has 2 heteroatoms. The molecule has 1 fully saturated rings. The molecule has 1 aliphatic heterocycles. The Hall–Kier alpha value is -0.860. The first-order valence-electron chi connectivity index (χ1n) is 5.72. The van der Waals surface area contributed by atoms with Crippen LogP contribution in [0.25, 0.3) is 0 Å². The average molecular weight is 205 g/mol. The Kier molecular flexibility index (Phi) is 3.08. The van der Waals surface area contributed by atoms with Crippen LogP contribution in [-0.4, -0.2) is 18.2 Å². The van der Waals surface area contributed by atoms with E-state index in [9.17, 15) is 5.11 Å². The van der Waals surface area contributed by atoms with Crippen LogP contribution in [-0.2, 0) is 5.60 Å². The van der Waals surface area contributed by atoms with E-state index in [1.807, 2.05) is 12.1 Å². The highest BCUT2D eigenvalue weighted by atomic mass is 16.3. The molecule has 1 unspecified atom stereocenters. The van der Waals surface area contributed by atoms with E-state index in [-0.39, 0.29) is 0 Å². The highest BCUT2D eigenvalue weighted by molar-refractivity contribution is 5.31. The van der Waals surface area contributed by atoms with Crippen LogP contribution in [0.1, 0.15) is 30.4 Å². The summed E-state index contributed by atoms with van der Waals surface area (Å²) >= 11 is 0. The van der Waals surface area contributed by atoms with Crippen molar-refractivity contribution in [3.63, 3.8) is 0 Å². The molecule has 0 aliphatic carbocycles. The second-order valence-corrected chi connectivity index (χ2v) is 4.45. The number of rotatable bonds is 1. The molecule has 0 amide bonds. The summed E-state index contributed by atoms with van der Waals surface area (Å²) in [5.41, 5.74) is 1.69. The van der Waals surface area contributed by atoms with Gasteiger partial charge in [-0.3, -0.25) is 0 Å². The summed E-state index contributed by atoms with van der Waals surface area (Å²) in [7, 11) is 0. The summed E-state index contributed by atoms with van der Waals surface area (Å²) in [5.74, 6) is 0. The van der Waals surface area contributed by atoms with Gasteiger partial charge in [0.1, 0.15) is 0 Å². The molecule has 2 N–H and O–H groups in total. The molecule has 0 aromatic heterocycles. The molecule has 1 aromatic carbocycles. The third-order valence-corrected chi connectivity index (χ3v) is 3.31. The van der Waals surface area contributed by atoms with Gasteiger partial charge in [0.25, 0.3) is 0 Å². The smallest absolute Gasteiger partial charge is 0.0911 e. The van der Waals surface area contributed by atoms with Crippen LogP contribution in [0.5, 0.6) is 0 Å². The molecule has 1 heterocycles. The van der Waals surface area contributed by atoms with Gasteiger partial charge in [0.05, 0.1) is 5.60 Å². The standard InChI is InChI=1S/C13H19NO/c1-11-5-2-3-6-12(11)13(15)7-4-9-14-10-8-13/h2-3,5-6,14-15H,4,7-10H2,1H3. The number of benzene rings is 1. The van der Waals surface area contributed by atoms with Gasteiger partial charge in [0.15, 0.2) is 0 Å². The average Bonchev–Trinajstić information content (AvgIpc) is 2.44. The van der Waals surface area contributed by atoms with E-state index in [0.717, 1.165) is 37.9 Å². The zero-order valence-corrected chi connectivity index (χ0v) is 9.29. The van der Waals surface area contributed by atoms with E-state index < -0.39 is 5.60 Å². The Balaban J connectivity index is 2.30. The molecule has 1 aromatic rings. The van der Waals surface area contributed by atoms with Crippen LogP contribution < -0.4 is 5.32 Å². The van der Waals surface area contributed by atoms with Gasteiger partial charge in [-0.2, -0.15) is 0 Å². The maximum absolute atomic E-state index is 10.7. The van der Waals surface area contributed by atoms with Crippen molar-refractivity contribution in [2.75, 3.05) is 13.1 Å². The number of nitrogens with one attached hydrogen (secondary N) is 1. The maximum atomic E-state index is 10.7. The Morgan fingerprint density at radius 1 is 1.20 bits per heavy atom. The van der Waals surface area contributed by atoms with Crippen LogP contribution in [0.15, 0.2) is 24.3 Å². The molecule has 1 saturated heterocycles. The lowest BCUT2D eigenvalue weighted by atomic mass is 9.84. The zero-order chi connectivity index (χ0) is 10.7. The predicted molar refractivity (Wildman–Crippen MR) is 61.8 cm³/mol. The van der Waals surface area contributed by atoms with Crippen molar-refractivity contribution in [2.45, 2.75) is 31.8 Å². The molecule has 2 rings (SSSR count). The normalized spacial score (nSPS) is 27.3. The van der Waals surface area contributed by atoms with E-state index in [1.165, 1.54) is 5.56 Å². The first-order chi connectivity index (χ1) is 7.22. The fraction of sp³-hybridized carbons (Fsp3) is 0.538. The lowest BCUT2D eigenvalue weighted by Crippen LogP contribution is -2.28. The fourth-order valence-corrected chi connectivity index (χ4v) is 2.42. The molecule has 2 nitrogen and oxygen atoms in total.